The fourth-order valence-electron chi connectivity index (χ4n) is 6.72. The van der Waals surface area contributed by atoms with E-state index < -0.39 is 184 Å². The molecule has 0 aromatic heterocycles. The van der Waals surface area contributed by atoms with Gasteiger partial charge < -0.3 is 39.3 Å². The van der Waals surface area contributed by atoms with Crippen LogP contribution in [-0.2, 0) is 28.7 Å². The van der Waals surface area contributed by atoms with Crippen LogP contribution in [0.15, 0.2) is 0 Å². The van der Waals surface area contributed by atoms with Crippen molar-refractivity contribution in [2.45, 2.75) is 90.3 Å². The van der Waals surface area contributed by atoms with Crippen molar-refractivity contribution in [3.05, 3.63) is 0 Å². The van der Waals surface area contributed by atoms with Crippen LogP contribution in [0, 0.1) is 39.9 Å². The van der Waals surface area contributed by atoms with Gasteiger partial charge in [-0.15, -0.1) is 0 Å². The van der Waals surface area contributed by atoms with E-state index >= 15 is 17.6 Å². The molecular weight excluding hydrogens is 1330 g/mol. The number of carbonyl (C=O) groups is 5. The molecule has 1 rings (SSSR count). The zero-order chi connectivity index (χ0) is 62.0. The predicted molar refractivity (Wildman–Crippen MR) is 192 cm³/mol. The second kappa shape index (κ2) is 25.6. The van der Waals surface area contributed by atoms with Gasteiger partial charge in [-0.25, -0.2) is 0 Å². The molecule has 1 radical (unpaired) electrons. The molecular formula is C36H38F27GdN6O9. The van der Waals surface area contributed by atoms with E-state index in [-0.39, 0.29) is 71.0 Å². The molecule has 1 unspecified atom stereocenters. The molecule has 15 nitrogen and oxygen atoms in total. The summed E-state index contributed by atoms with van der Waals surface area (Å²) in [5.41, 5.74) is 0. The van der Waals surface area contributed by atoms with Crippen LogP contribution in [-0.4, -0.2) is 248 Å². The summed E-state index contributed by atoms with van der Waals surface area (Å²) in [7, 11) is 0.752. The number of hydrogen-bond donors (Lipinski definition) is 0. The number of halogens is 27. The van der Waals surface area contributed by atoms with Crippen molar-refractivity contribution in [2.75, 3.05) is 106 Å². The van der Waals surface area contributed by atoms with Crippen LogP contribution in [0.25, 0.3) is 0 Å². The average Bonchev–Trinajstić information content (AvgIpc) is 3.26. The van der Waals surface area contributed by atoms with E-state index in [2.05, 4.69) is 4.74 Å². The molecule has 1 atom stereocenters. The fourth-order valence-corrected chi connectivity index (χ4v) is 6.72. The zero-order valence-corrected chi connectivity index (χ0v) is 41.7. The van der Waals surface area contributed by atoms with Crippen LogP contribution < -0.4 is 15.3 Å². The number of ether oxygens (including phenoxy) is 1. The Kier molecular flexibility index (Phi) is 24.5. The minimum absolute atomic E-state index is 0. The number of likely N-dealkylation sites (N-methyl/N-ethyl adjacent to an activating group) is 1. The Morgan fingerprint density at radius 2 is 0.709 bits per heavy atom. The molecule has 1 fully saturated rings. The maximum Gasteiger partial charge on any atom is 3.00 e. The van der Waals surface area contributed by atoms with Crippen molar-refractivity contribution < 1.29 is 203 Å². The number of methoxy groups -OCH3 is 1. The molecule has 43 heteroatoms. The van der Waals surface area contributed by atoms with Gasteiger partial charge in [-0.2, -0.15) is 119 Å². The maximum atomic E-state index is 15.6. The molecule has 0 spiro atoms. The third-order valence-corrected chi connectivity index (χ3v) is 11.4. The van der Waals surface area contributed by atoms with Gasteiger partial charge in [-0.1, -0.05) is 0 Å². The Balaban J connectivity index is 0.0000608. The van der Waals surface area contributed by atoms with Crippen LogP contribution in [0.5, 0.6) is 0 Å². The summed E-state index contributed by atoms with van der Waals surface area (Å²) in [6.45, 7) is -11.1. The van der Waals surface area contributed by atoms with Crippen molar-refractivity contribution >= 4 is 29.7 Å². The minimum atomic E-state index is -9.98. The number of carboxylic acid groups (broad SMARTS) is 3. The quantitative estimate of drug-likeness (QED) is 0.0957. The summed E-state index contributed by atoms with van der Waals surface area (Å²) in [5, 5.41) is 34.2. The summed E-state index contributed by atoms with van der Waals surface area (Å²) in [5.74, 6) is -115. The molecule has 1 aliphatic heterocycles. The van der Waals surface area contributed by atoms with E-state index in [0.717, 1.165) is 21.6 Å². The Hall–Kier alpha value is -3.42. The number of aliphatic carboxylic acids is 3. The third-order valence-electron chi connectivity index (χ3n) is 11.4. The molecule has 0 saturated carbocycles. The van der Waals surface area contributed by atoms with Gasteiger partial charge in [0.15, 0.2) is 0 Å². The van der Waals surface area contributed by atoms with Gasteiger partial charge >= 0.3 is 117 Å². The summed E-state index contributed by atoms with van der Waals surface area (Å²) < 4.78 is 386. The molecule has 0 aromatic rings. The van der Waals surface area contributed by atoms with Crippen molar-refractivity contribution in [1.82, 2.24) is 29.4 Å². The van der Waals surface area contributed by atoms with E-state index in [0.29, 0.717) is 14.2 Å². The average molecular weight is 1370 g/mol. The van der Waals surface area contributed by atoms with Crippen LogP contribution >= 0.6 is 0 Å². The number of carbonyl (C=O) groups excluding carboxylic acids is 5. The maximum absolute atomic E-state index is 15.6. The van der Waals surface area contributed by atoms with E-state index in [1.54, 1.807) is 0 Å². The number of hydrogen-bond acceptors (Lipinski definition) is 13. The van der Waals surface area contributed by atoms with Gasteiger partial charge in [0.25, 0.3) is 0 Å². The fraction of sp³-hybridized carbons (Fsp3) is 0.861. The van der Waals surface area contributed by atoms with Crippen molar-refractivity contribution in [3.63, 3.8) is 0 Å². The third kappa shape index (κ3) is 14.2. The first-order valence-electron chi connectivity index (χ1n) is 20.7. The standard InChI is InChI=1S/C36H41F27N6O9.Gd/c1-18(68-10-8-66(16-21(73)74)6-4-65(15-20(71)72)5-7-67(9-11-68)17-22(75)76)23(77)64(2)14-19(70)69(12-13-78-3)36(62,63)34(57,58)32(53,54)30(49,50)28(45,46)26(41,42)24(37,38)25(39,40)27(43,44)29(47,48)31(51,52)33(55,56)35(59,60)61;/h18H,4-17H2,1-3H3,(H,71,72)(H,73,74)(H,75,76);/q;+3/p-3. The molecule has 0 aliphatic carbocycles. The number of rotatable bonds is 25. The molecule has 1 saturated heterocycles. The zero-order valence-electron chi connectivity index (χ0n) is 39.4. The van der Waals surface area contributed by atoms with E-state index in [9.17, 15) is 140 Å². The van der Waals surface area contributed by atoms with Gasteiger partial charge in [0.1, 0.15) is 0 Å². The second-order valence-electron chi connectivity index (χ2n) is 16.7. The van der Waals surface area contributed by atoms with Gasteiger partial charge in [-0.05, 0) is 6.92 Å². The minimum Gasteiger partial charge on any atom is -0.549 e. The largest absolute Gasteiger partial charge is 3.00 e. The molecule has 1 aliphatic rings. The van der Waals surface area contributed by atoms with Crippen molar-refractivity contribution in [1.29, 1.82) is 0 Å². The SMILES string of the molecule is COCCN(C(=O)CN(C)C(=O)C(C)N1CCN(CC(=O)[O-])CCN(CC(=O)[O-])CCN(CC(=O)[O-])CC1)C(F)(F)C(F)(F)C(F)(F)C(F)(F)C(F)(F)C(F)(F)C(F)(F)C(F)(F)C(F)(F)C(F)(F)C(F)(F)C(F)(F)C(F)(F)F.[Gd+3]. The first-order chi connectivity index (χ1) is 34.5. The summed E-state index contributed by atoms with van der Waals surface area (Å²) >= 11 is 0. The van der Waals surface area contributed by atoms with Gasteiger partial charge in [0, 0.05) is 92.7 Å². The van der Waals surface area contributed by atoms with E-state index in [1.807, 2.05) is 0 Å². The van der Waals surface area contributed by atoms with Crippen LogP contribution in [0.3, 0.4) is 0 Å². The van der Waals surface area contributed by atoms with E-state index in [4.69, 9.17) is 0 Å². The molecule has 79 heavy (non-hydrogen) atoms. The predicted octanol–water partition coefficient (Wildman–Crippen LogP) is 1.92. The Bertz CT molecular complexity index is 2090. The Morgan fingerprint density at radius 3 is 0.962 bits per heavy atom. The van der Waals surface area contributed by atoms with Crippen LogP contribution in [0.1, 0.15) is 6.92 Å². The van der Waals surface area contributed by atoms with Crippen LogP contribution in [0.4, 0.5) is 119 Å². The van der Waals surface area contributed by atoms with Crippen LogP contribution in [0.2, 0.25) is 0 Å². The van der Waals surface area contributed by atoms with Gasteiger partial charge in [0.05, 0.1) is 37.1 Å². The summed E-state index contributed by atoms with van der Waals surface area (Å²) in [6, 6.07) is -9.55. The molecule has 463 valence electrons. The second-order valence-corrected chi connectivity index (χ2v) is 16.7. The Labute approximate surface area is 456 Å². The van der Waals surface area contributed by atoms with Gasteiger partial charge in [0.2, 0.25) is 11.8 Å². The van der Waals surface area contributed by atoms with E-state index in [1.165, 1.54) is 4.90 Å². The number of carboxylic acids is 3. The van der Waals surface area contributed by atoms with Crippen molar-refractivity contribution in [2.24, 2.45) is 0 Å². The number of amides is 2. The number of alkyl halides is 27. The summed E-state index contributed by atoms with van der Waals surface area (Å²) in [4.78, 5) is 63.0. The summed E-state index contributed by atoms with van der Waals surface area (Å²) in [6.07, 6.45) is -8.34. The normalized spacial score (nSPS) is 17.7. The number of nitrogens with zero attached hydrogens (tertiary/aromatic N) is 6. The first-order valence-corrected chi connectivity index (χ1v) is 20.7. The smallest absolute Gasteiger partial charge is 0.549 e. The molecule has 0 N–H and O–H groups in total. The molecule has 1 heterocycles. The molecule has 0 aromatic carbocycles. The first kappa shape index (κ1) is 75.6. The monoisotopic (exact) mass is 1370 g/mol. The van der Waals surface area contributed by atoms with Gasteiger partial charge in [-0.3, -0.25) is 34.1 Å². The van der Waals surface area contributed by atoms with Crippen molar-refractivity contribution in [3.8, 4) is 0 Å². The molecule has 0 bridgehead atoms. The molecule has 2 amide bonds. The Morgan fingerprint density at radius 1 is 0.456 bits per heavy atom. The topological polar surface area (TPSA) is 183 Å².